The minimum Gasteiger partial charge on any atom is -0.458 e. The summed E-state index contributed by atoms with van der Waals surface area (Å²) in [5.74, 6) is -2.65. The number of nitrogens with one attached hydrogen (secondary N) is 1. The molecule has 11 nitrogen and oxygen atoms in total. The molecule has 1 aromatic heterocycles. The van der Waals surface area contributed by atoms with Crippen molar-refractivity contribution in [2.75, 3.05) is 6.54 Å². The lowest BCUT2D eigenvalue weighted by Crippen LogP contribution is -2.49. The molecule has 0 aliphatic carbocycles. The minimum atomic E-state index is -1.29. The number of rotatable bonds is 5. The Kier molecular flexibility index (Phi) is 7.06. The third-order valence-corrected chi connectivity index (χ3v) is 3.21. The van der Waals surface area contributed by atoms with Crippen LogP contribution in [0.1, 0.15) is 33.3 Å². The lowest BCUT2D eigenvalue weighted by atomic mass is 10.2. The Balaban J connectivity index is 3.12. The Morgan fingerprint density at radius 3 is 2.41 bits per heavy atom. The molecule has 11 heteroatoms. The number of nitrogens with zero attached hydrogens (tertiary/aromatic N) is 2. The number of aromatic nitrogens is 2. The number of esters is 1. The number of aromatic amines is 1. The summed E-state index contributed by atoms with van der Waals surface area (Å²) in [5.41, 5.74) is 3.15. The van der Waals surface area contributed by atoms with Crippen molar-refractivity contribution in [2.24, 2.45) is 5.73 Å². The predicted molar refractivity (Wildman–Crippen MR) is 93.4 cm³/mol. The first-order valence-corrected chi connectivity index (χ1v) is 8.12. The molecule has 0 radical (unpaired) electrons. The van der Waals surface area contributed by atoms with Gasteiger partial charge in [-0.2, -0.15) is 5.06 Å². The maximum Gasteiger partial charge on any atom is 0.345 e. The van der Waals surface area contributed by atoms with Gasteiger partial charge in [0, 0.05) is 11.8 Å². The molecule has 1 rings (SSSR count). The van der Waals surface area contributed by atoms with Gasteiger partial charge in [-0.1, -0.05) is 0 Å². The second-order valence-electron chi connectivity index (χ2n) is 6.80. The maximum atomic E-state index is 12.6. The van der Waals surface area contributed by atoms with Crippen LogP contribution in [0.3, 0.4) is 0 Å². The molecular formula is C16H24N4O7. The van der Waals surface area contributed by atoms with Crippen molar-refractivity contribution >= 4 is 17.8 Å². The van der Waals surface area contributed by atoms with Gasteiger partial charge in [0.15, 0.2) is 6.04 Å². The molecule has 0 saturated carbocycles. The molecule has 0 aromatic carbocycles. The van der Waals surface area contributed by atoms with Crippen LogP contribution in [0.25, 0.3) is 0 Å². The van der Waals surface area contributed by atoms with E-state index < -0.39 is 53.8 Å². The van der Waals surface area contributed by atoms with Crippen LogP contribution in [-0.4, -0.2) is 50.6 Å². The molecule has 1 aromatic rings. The highest BCUT2D eigenvalue weighted by atomic mass is 16.7. The van der Waals surface area contributed by atoms with Gasteiger partial charge >= 0.3 is 17.6 Å². The van der Waals surface area contributed by atoms with Crippen molar-refractivity contribution < 1.29 is 24.0 Å². The van der Waals surface area contributed by atoms with Gasteiger partial charge in [0.25, 0.3) is 11.5 Å². The lowest BCUT2D eigenvalue weighted by Gasteiger charge is -2.28. The molecule has 150 valence electrons. The Morgan fingerprint density at radius 1 is 1.30 bits per heavy atom. The maximum absolute atomic E-state index is 12.6. The van der Waals surface area contributed by atoms with Crippen molar-refractivity contribution in [3.05, 3.63) is 32.6 Å². The van der Waals surface area contributed by atoms with Crippen molar-refractivity contribution in [3.8, 4) is 0 Å². The molecule has 0 aliphatic heterocycles. The van der Waals surface area contributed by atoms with E-state index in [2.05, 4.69) is 0 Å². The van der Waals surface area contributed by atoms with E-state index in [0.717, 1.165) is 4.57 Å². The highest BCUT2D eigenvalue weighted by Crippen LogP contribution is 2.12. The first-order chi connectivity index (χ1) is 12.4. The third-order valence-electron chi connectivity index (χ3n) is 3.21. The van der Waals surface area contributed by atoms with E-state index in [1.54, 1.807) is 20.8 Å². The number of ether oxygens (including phenoxy) is 1. The van der Waals surface area contributed by atoms with E-state index in [-0.39, 0.29) is 5.56 Å². The van der Waals surface area contributed by atoms with Crippen LogP contribution in [-0.2, 0) is 30.5 Å². The van der Waals surface area contributed by atoms with Crippen LogP contribution >= 0.6 is 0 Å². The number of amides is 1. The third kappa shape index (κ3) is 6.37. The van der Waals surface area contributed by atoms with Gasteiger partial charge in [0.1, 0.15) is 12.1 Å². The molecule has 1 unspecified atom stereocenters. The first-order valence-electron chi connectivity index (χ1n) is 8.12. The van der Waals surface area contributed by atoms with Gasteiger partial charge in [-0.05, 0) is 34.6 Å². The highest BCUT2D eigenvalue weighted by Gasteiger charge is 2.33. The normalized spacial score (nSPS) is 12.2. The Morgan fingerprint density at radius 2 is 1.89 bits per heavy atom. The molecule has 0 aliphatic rings. The second-order valence-corrected chi connectivity index (χ2v) is 6.80. The number of H-pyrrole nitrogens is 1. The Labute approximate surface area is 155 Å². The fourth-order valence-corrected chi connectivity index (χ4v) is 1.93. The van der Waals surface area contributed by atoms with Crippen LogP contribution < -0.4 is 17.0 Å². The largest absolute Gasteiger partial charge is 0.458 e. The number of carbonyl (C=O) groups excluding carboxylic acids is 3. The Bertz CT molecular complexity index is 834. The molecular weight excluding hydrogens is 360 g/mol. The fraction of sp³-hybridized carbons (Fsp3) is 0.562. The molecule has 0 spiro atoms. The highest BCUT2D eigenvalue weighted by molar-refractivity contribution is 5.85. The van der Waals surface area contributed by atoms with Gasteiger partial charge in [-0.15, -0.1) is 0 Å². The number of aryl methyl sites for hydroxylation is 1. The zero-order valence-electron chi connectivity index (χ0n) is 15.9. The quantitative estimate of drug-likeness (QED) is 0.475. The second kappa shape index (κ2) is 8.62. The molecule has 0 bridgehead atoms. The summed E-state index contributed by atoms with van der Waals surface area (Å²) in [6.07, 6.45) is 1.18. The zero-order chi connectivity index (χ0) is 20.9. The number of nitrogens with two attached hydrogens (primary N) is 1. The van der Waals surface area contributed by atoms with Gasteiger partial charge < -0.3 is 15.3 Å². The minimum absolute atomic E-state index is 0.202. The van der Waals surface area contributed by atoms with Crippen molar-refractivity contribution in [3.63, 3.8) is 0 Å². The SMILES string of the molecule is Cc1cn(CC(=O)N(OC(=O)CN)C(C)C(=O)OC(C)(C)C)c(=O)[nH]c1=O. The van der Waals surface area contributed by atoms with Gasteiger partial charge in [-0.25, -0.2) is 14.4 Å². The predicted octanol–water partition coefficient (Wildman–Crippen LogP) is -1.18. The summed E-state index contributed by atoms with van der Waals surface area (Å²) in [5, 5.41) is 0.510. The monoisotopic (exact) mass is 384 g/mol. The first kappa shape index (κ1) is 22.1. The van der Waals surface area contributed by atoms with E-state index in [9.17, 15) is 24.0 Å². The summed E-state index contributed by atoms with van der Waals surface area (Å²) >= 11 is 0. The molecule has 1 atom stereocenters. The standard InChI is InChI=1S/C16H24N4O7/c1-9-7-19(15(25)18-13(9)23)8-11(21)20(27-12(22)6-17)10(2)14(24)26-16(3,4)5/h7,10H,6,8,17H2,1-5H3,(H,18,23,25). The lowest BCUT2D eigenvalue weighted by molar-refractivity contribution is -0.212. The van der Waals surface area contributed by atoms with Crippen molar-refractivity contribution in [2.45, 2.75) is 52.8 Å². The molecule has 1 amide bonds. The molecule has 27 heavy (non-hydrogen) atoms. The average Bonchev–Trinajstić information content (AvgIpc) is 2.54. The fourth-order valence-electron chi connectivity index (χ4n) is 1.93. The van der Waals surface area contributed by atoms with E-state index in [1.807, 2.05) is 4.98 Å². The van der Waals surface area contributed by atoms with Crippen LogP contribution in [0.4, 0.5) is 0 Å². The molecule has 0 saturated heterocycles. The Hall–Kier alpha value is -2.95. The summed E-state index contributed by atoms with van der Waals surface area (Å²) in [7, 11) is 0. The summed E-state index contributed by atoms with van der Waals surface area (Å²) in [4.78, 5) is 66.5. The van der Waals surface area contributed by atoms with Crippen LogP contribution in [0.15, 0.2) is 15.8 Å². The van der Waals surface area contributed by atoms with E-state index in [1.165, 1.54) is 20.0 Å². The smallest absolute Gasteiger partial charge is 0.345 e. The van der Waals surface area contributed by atoms with E-state index >= 15 is 0 Å². The summed E-state index contributed by atoms with van der Waals surface area (Å²) < 4.78 is 6.10. The number of hydrogen-bond donors (Lipinski definition) is 2. The van der Waals surface area contributed by atoms with Gasteiger partial charge in [0.05, 0.1) is 6.54 Å². The number of hydroxylamine groups is 2. The van der Waals surface area contributed by atoms with E-state index in [0.29, 0.717) is 5.06 Å². The van der Waals surface area contributed by atoms with E-state index in [4.69, 9.17) is 15.3 Å². The van der Waals surface area contributed by atoms with Crippen LogP contribution in [0, 0.1) is 6.92 Å². The molecule has 0 fully saturated rings. The van der Waals surface area contributed by atoms with Crippen LogP contribution in [0.5, 0.6) is 0 Å². The average molecular weight is 384 g/mol. The topological polar surface area (TPSA) is 154 Å². The molecule has 3 N–H and O–H groups in total. The molecule has 1 heterocycles. The number of hydrogen-bond acceptors (Lipinski definition) is 8. The van der Waals surface area contributed by atoms with Crippen molar-refractivity contribution in [1.82, 2.24) is 14.6 Å². The summed E-state index contributed by atoms with van der Waals surface area (Å²) in [6, 6.07) is -1.29. The number of carbonyl (C=O) groups is 3. The summed E-state index contributed by atoms with van der Waals surface area (Å²) in [6.45, 7) is 6.56. The zero-order valence-corrected chi connectivity index (χ0v) is 15.9. The van der Waals surface area contributed by atoms with Gasteiger partial charge in [-0.3, -0.25) is 19.1 Å². The van der Waals surface area contributed by atoms with Gasteiger partial charge in [0.2, 0.25) is 0 Å². The van der Waals surface area contributed by atoms with Crippen molar-refractivity contribution in [1.29, 1.82) is 0 Å². The van der Waals surface area contributed by atoms with Crippen LogP contribution in [0.2, 0.25) is 0 Å².